The summed E-state index contributed by atoms with van der Waals surface area (Å²) in [6.07, 6.45) is 4.68. The fraction of sp³-hybridized carbons (Fsp3) is 0.250. The summed E-state index contributed by atoms with van der Waals surface area (Å²) in [6.45, 7) is 0. The Hall–Kier alpha value is -2.17. The first kappa shape index (κ1) is 17.3. The molecule has 0 bridgehead atoms. The molecular weight excluding hydrogens is 369 g/mol. The molecule has 1 fully saturated rings. The van der Waals surface area contributed by atoms with Crippen molar-refractivity contribution in [3.8, 4) is 16.9 Å². The van der Waals surface area contributed by atoms with E-state index in [0.717, 1.165) is 29.9 Å². The maximum absolute atomic E-state index is 12.8. The summed E-state index contributed by atoms with van der Waals surface area (Å²) in [4.78, 5) is 15.8. The van der Waals surface area contributed by atoms with E-state index in [1.165, 1.54) is 12.8 Å². The average molecular weight is 388 g/mol. The fourth-order valence-corrected chi connectivity index (χ4v) is 3.85. The Morgan fingerprint density at radius 2 is 1.73 bits per heavy atom. The van der Waals surface area contributed by atoms with Crippen LogP contribution in [0.15, 0.2) is 53.3 Å². The van der Waals surface area contributed by atoms with Gasteiger partial charge in [0, 0.05) is 11.6 Å². The second-order valence-corrected chi connectivity index (χ2v) is 7.39. The molecule has 3 aromatic rings. The Kier molecular flexibility index (Phi) is 4.79. The van der Waals surface area contributed by atoms with Crippen LogP contribution in [0.3, 0.4) is 0 Å². The molecule has 0 atom stereocenters. The van der Waals surface area contributed by atoms with Gasteiger partial charge in [0.1, 0.15) is 5.82 Å². The number of benzene rings is 2. The number of imidazole rings is 1. The summed E-state index contributed by atoms with van der Waals surface area (Å²) in [7, 11) is 0. The highest BCUT2D eigenvalue weighted by Crippen LogP contribution is 2.32. The molecule has 134 valence electrons. The maximum atomic E-state index is 12.8. The van der Waals surface area contributed by atoms with Crippen molar-refractivity contribution in [1.82, 2.24) is 9.55 Å². The molecule has 26 heavy (non-hydrogen) atoms. The van der Waals surface area contributed by atoms with Crippen LogP contribution >= 0.6 is 23.2 Å². The van der Waals surface area contributed by atoms with E-state index >= 15 is 0 Å². The van der Waals surface area contributed by atoms with E-state index in [1.807, 2.05) is 30.3 Å². The summed E-state index contributed by atoms with van der Waals surface area (Å²) in [5, 5.41) is 4.41. The summed E-state index contributed by atoms with van der Waals surface area (Å²) in [6, 6.07) is 15.5. The van der Waals surface area contributed by atoms with Crippen molar-refractivity contribution in [2.45, 2.75) is 31.7 Å². The molecule has 1 saturated carbocycles. The van der Waals surface area contributed by atoms with Crippen LogP contribution in [0.2, 0.25) is 10.0 Å². The molecule has 4 nitrogen and oxygen atoms in total. The van der Waals surface area contributed by atoms with E-state index in [9.17, 15) is 4.79 Å². The van der Waals surface area contributed by atoms with Gasteiger partial charge in [-0.15, -0.1) is 0 Å². The first-order chi connectivity index (χ1) is 12.6. The van der Waals surface area contributed by atoms with Crippen LogP contribution in [0.25, 0.3) is 16.9 Å². The Morgan fingerprint density at radius 3 is 2.42 bits per heavy atom. The molecule has 0 saturated heterocycles. The van der Waals surface area contributed by atoms with Gasteiger partial charge in [-0.1, -0.05) is 66.4 Å². The number of nitrogens with zero attached hydrogens (tertiary/aromatic N) is 1. The molecule has 0 unspecified atom stereocenters. The van der Waals surface area contributed by atoms with Crippen LogP contribution in [0, 0.1) is 0 Å². The van der Waals surface area contributed by atoms with Crippen LogP contribution < -0.4 is 11.0 Å². The normalized spacial score (nSPS) is 14.7. The molecule has 2 N–H and O–H groups in total. The van der Waals surface area contributed by atoms with Gasteiger partial charge < -0.3 is 5.32 Å². The second-order valence-electron chi connectivity index (χ2n) is 6.58. The molecule has 1 aliphatic carbocycles. The molecule has 1 aromatic heterocycles. The quantitative estimate of drug-likeness (QED) is 0.621. The zero-order chi connectivity index (χ0) is 18.1. The SMILES string of the molecule is O=c1[nH]c(NC2CCCC2)c(-c2ccccc2)n1-c1ccc(Cl)c(Cl)c1. The summed E-state index contributed by atoms with van der Waals surface area (Å²) >= 11 is 12.2. The van der Waals surface area contributed by atoms with Gasteiger partial charge >= 0.3 is 5.69 Å². The van der Waals surface area contributed by atoms with Crippen molar-refractivity contribution in [2.75, 3.05) is 5.32 Å². The number of rotatable bonds is 4. The minimum absolute atomic E-state index is 0.206. The van der Waals surface area contributed by atoms with Gasteiger partial charge in [-0.3, -0.25) is 9.55 Å². The van der Waals surface area contributed by atoms with Crippen LogP contribution in [-0.4, -0.2) is 15.6 Å². The third-order valence-electron chi connectivity index (χ3n) is 4.81. The van der Waals surface area contributed by atoms with E-state index in [-0.39, 0.29) is 5.69 Å². The third-order valence-corrected chi connectivity index (χ3v) is 5.55. The Labute approximate surface area is 161 Å². The fourth-order valence-electron chi connectivity index (χ4n) is 3.55. The molecular formula is C20H19Cl2N3O. The van der Waals surface area contributed by atoms with Crippen molar-refractivity contribution < 1.29 is 0 Å². The summed E-state index contributed by atoms with van der Waals surface area (Å²) in [5.74, 6) is 0.749. The number of hydrogen-bond donors (Lipinski definition) is 2. The highest BCUT2D eigenvalue weighted by Gasteiger charge is 2.22. The van der Waals surface area contributed by atoms with Crippen molar-refractivity contribution >= 4 is 29.0 Å². The van der Waals surface area contributed by atoms with Gasteiger partial charge in [-0.2, -0.15) is 0 Å². The van der Waals surface area contributed by atoms with Gasteiger partial charge in [0.2, 0.25) is 0 Å². The lowest BCUT2D eigenvalue weighted by Crippen LogP contribution is -2.16. The maximum Gasteiger partial charge on any atom is 0.332 e. The third kappa shape index (κ3) is 3.27. The van der Waals surface area contributed by atoms with Crippen molar-refractivity contribution in [1.29, 1.82) is 0 Å². The number of aromatic nitrogens is 2. The monoisotopic (exact) mass is 387 g/mol. The number of H-pyrrole nitrogens is 1. The molecule has 0 amide bonds. The van der Waals surface area contributed by atoms with Crippen molar-refractivity contribution in [3.63, 3.8) is 0 Å². The van der Waals surface area contributed by atoms with E-state index < -0.39 is 0 Å². The number of halogens is 2. The van der Waals surface area contributed by atoms with Crippen molar-refractivity contribution in [2.24, 2.45) is 0 Å². The van der Waals surface area contributed by atoms with Crippen molar-refractivity contribution in [3.05, 3.63) is 69.1 Å². The van der Waals surface area contributed by atoms with E-state index in [4.69, 9.17) is 23.2 Å². The minimum Gasteiger partial charge on any atom is -0.367 e. The van der Waals surface area contributed by atoms with Crippen LogP contribution in [0.4, 0.5) is 5.82 Å². The average Bonchev–Trinajstić information content (AvgIpc) is 3.26. The lowest BCUT2D eigenvalue weighted by atomic mass is 10.1. The lowest BCUT2D eigenvalue weighted by Gasteiger charge is -2.15. The molecule has 0 radical (unpaired) electrons. The van der Waals surface area contributed by atoms with Gasteiger partial charge in [-0.05, 0) is 31.0 Å². The second kappa shape index (κ2) is 7.22. The van der Waals surface area contributed by atoms with Gasteiger partial charge in [-0.25, -0.2) is 4.79 Å². The zero-order valence-corrected chi connectivity index (χ0v) is 15.6. The number of hydrogen-bond acceptors (Lipinski definition) is 2. The Bertz CT molecular complexity index is 972. The summed E-state index contributed by atoms with van der Waals surface area (Å²) < 4.78 is 1.65. The molecule has 0 aliphatic heterocycles. The molecule has 1 heterocycles. The number of aromatic amines is 1. The van der Waals surface area contributed by atoms with Crippen LogP contribution in [0.1, 0.15) is 25.7 Å². The van der Waals surface area contributed by atoms with Gasteiger partial charge in [0.25, 0.3) is 0 Å². The predicted octanol–water partition coefficient (Wildman–Crippen LogP) is 5.49. The number of nitrogens with one attached hydrogen (secondary N) is 2. The van der Waals surface area contributed by atoms with Crippen LogP contribution in [0.5, 0.6) is 0 Å². The highest BCUT2D eigenvalue weighted by molar-refractivity contribution is 6.42. The minimum atomic E-state index is -0.206. The molecule has 0 spiro atoms. The highest BCUT2D eigenvalue weighted by atomic mass is 35.5. The largest absolute Gasteiger partial charge is 0.367 e. The molecule has 4 rings (SSSR count). The van der Waals surface area contributed by atoms with E-state index in [1.54, 1.807) is 22.8 Å². The van der Waals surface area contributed by atoms with E-state index in [2.05, 4.69) is 10.3 Å². The Morgan fingerprint density at radius 1 is 1.00 bits per heavy atom. The first-order valence-corrected chi connectivity index (χ1v) is 9.51. The smallest absolute Gasteiger partial charge is 0.332 e. The number of anilines is 1. The van der Waals surface area contributed by atoms with Gasteiger partial charge in [0.15, 0.2) is 0 Å². The standard InChI is InChI=1S/C20H19Cl2N3O/c21-16-11-10-15(12-17(16)22)25-18(13-6-2-1-3-7-13)19(24-20(25)26)23-14-8-4-5-9-14/h1-3,6-7,10-12,14,23H,4-5,8-9H2,(H,24,26). The molecule has 1 aliphatic rings. The first-order valence-electron chi connectivity index (χ1n) is 8.76. The Balaban J connectivity index is 1.88. The van der Waals surface area contributed by atoms with E-state index in [0.29, 0.717) is 21.8 Å². The zero-order valence-electron chi connectivity index (χ0n) is 14.1. The topological polar surface area (TPSA) is 49.8 Å². The lowest BCUT2D eigenvalue weighted by molar-refractivity contribution is 0.751. The van der Waals surface area contributed by atoms with Crippen LogP contribution in [-0.2, 0) is 0 Å². The summed E-state index contributed by atoms with van der Waals surface area (Å²) in [5.41, 5.74) is 2.24. The molecule has 2 aromatic carbocycles. The molecule has 6 heteroatoms. The van der Waals surface area contributed by atoms with Gasteiger partial charge in [0.05, 0.1) is 21.4 Å². The predicted molar refractivity (Wildman–Crippen MR) is 108 cm³/mol.